The number of aryl methyl sites for hydroxylation is 1. The lowest BCUT2D eigenvalue weighted by atomic mass is 9.69. The number of hydrogen-bond donors (Lipinski definition) is 3. The molecule has 10 heteroatoms. The Morgan fingerprint density at radius 1 is 1.12 bits per heavy atom. The minimum atomic E-state index is -3.60. The van der Waals surface area contributed by atoms with Crippen LogP contribution in [0.3, 0.4) is 0 Å². The maximum Gasteiger partial charge on any atom is 0.335 e. The molecule has 1 heterocycles. The molecule has 0 bridgehead atoms. The monoisotopic (exact) mass is 630 g/mol. The van der Waals surface area contributed by atoms with E-state index in [2.05, 4.69) is 4.90 Å². The molecule has 234 valence electrons. The highest BCUT2D eigenvalue weighted by Gasteiger charge is 2.38. The second kappa shape index (κ2) is 13.6. The van der Waals surface area contributed by atoms with Crippen LogP contribution >= 0.6 is 11.6 Å². The van der Waals surface area contributed by atoms with Crippen molar-refractivity contribution in [2.24, 2.45) is 28.8 Å². The average Bonchev–Trinajstić information content (AvgIpc) is 2.97. The number of anilines is 1. The van der Waals surface area contributed by atoms with Crippen LogP contribution in [0.1, 0.15) is 73.4 Å². The van der Waals surface area contributed by atoms with Crippen LogP contribution in [-0.2, 0) is 23.1 Å². The van der Waals surface area contributed by atoms with Gasteiger partial charge in [0.1, 0.15) is 12.4 Å². The molecule has 0 saturated heterocycles. The number of fused-ring (bicyclic) bond motifs is 2. The van der Waals surface area contributed by atoms with Crippen molar-refractivity contribution in [1.29, 1.82) is 0 Å². The number of nitrogens with zero attached hydrogens (tertiary/aromatic N) is 1. The summed E-state index contributed by atoms with van der Waals surface area (Å²) < 4.78 is 30.4. The predicted molar refractivity (Wildman–Crippen MR) is 169 cm³/mol. The Labute approximate surface area is 259 Å². The Hall–Kier alpha value is -2.59. The predicted octanol–water partition coefficient (Wildman–Crippen LogP) is 5.80. The van der Waals surface area contributed by atoms with E-state index in [1.54, 1.807) is 18.2 Å². The van der Waals surface area contributed by atoms with Gasteiger partial charge in [0.15, 0.2) is 0 Å². The normalized spacial score (nSPS) is 27.3. The number of carboxylic acids is 1. The van der Waals surface area contributed by atoms with E-state index in [0.717, 1.165) is 62.7 Å². The average molecular weight is 631 g/mol. The van der Waals surface area contributed by atoms with Crippen LogP contribution in [0.4, 0.5) is 5.69 Å². The highest BCUT2D eigenvalue weighted by Crippen LogP contribution is 2.41. The molecular weight excluding hydrogens is 588 g/mol. The number of halogens is 1. The van der Waals surface area contributed by atoms with E-state index in [-0.39, 0.29) is 29.2 Å². The van der Waals surface area contributed by atoms with Crippen molar-refractivity contribution in [3.63, 3.8) is 0 Å². The van der Waals surface area contributed by atoms with Gasteiger partial charge in [0, 0.05) is 18.1 Å². The highest BCUT2D eigenvalue weighted by molar-refractivity contribution is 7.89. The fraction of sp³-hybridized carbons (Fsp3) is 0.545. The topological polar surface area (TPSA) is 130 Å². The van der Waals surface area contributed by atoms with Crippen LogP contribution in [0.25, 0.3) is 0 Å². The lowest BCUT2D eigenvalue weighted by molar-refractivity contribution is 0.0457. The van der Waals surface area contributed by atoms with Gasteiger partial charge in [0.25, 0.3) is 0 Å². The van der Waals surface area contributed by atoms with E-state index >= 15 is 0 Å². The SMILES string of the molecule is C[C@@H]1[C@@H](/C=C/[C@H](O)[C@@H]2CC[C@H]2CN2CCCCc3cc(Cl)ccc3COc3ccc(C(=O)O)cc32)CCC[C@@H]1S(N)(=O)=O. The number of benzene rings is 2. The van der Waals surface area contributed by atoms with Gasteiger partial charge in [-0.25, -0.2) is 18.4 Å². The van der Waals surface area contributed by atoms with Crippen molar-refractivity contribution < 1.29 is 28.2 Å². The van der Waals surface area contributed by atoms with Gasteiger partial charge in [-0.15, -0.1) is 0 Å². The summed E-state index contributed by atoms with van der Waals surface area (Å²) in [7, 11) is -3.60. The van der Waals surface area contributed by atoms with E-state index in [4.69, 9.17) is 21.5 Å². The minimum Gasteiger partial charge on any atom is -0.487 e. The van der Waals surface area contributed by atoms with E-state index < -0.39 is 27.3 Å². The van der Waals surface area contributed by atoms with Gasteiger partial charge in [-0.2, -0.15) is 0 Å². The highest BCUT2D eigenvalue weighted by atomic mass is 35.5. The third-order valence-corrected chi connectivity index (χ3v) is 11.6. The first kappa shape index (κ1) is 31.8. The van der Waals surface area contributed by atoms with Crippen LogP contribution in [0.5, 0.6) is 5.75 Å². The quantitative estimate of drug-likeness (QED) is 0.330. The molecule has 4 N–H and O–H groups in total. The Kier molecular flexibility index (Phi) is 10.1. The number of aliphatic hydroxyl groups excluding tert-OH is 1. The molecule has 0 aromatic heterocycles. The number of primary sulfonamides is 1. The Bertz CT molecular complexity index is 1450. The molecule has 6 atom stereocenters. The fourth-order valence-electron chi connectivity index (χ4n) is 7.12. The van der Waals surface area contributed by atoms with Crippen molar-refractivity contribution in [2.75, 3.05) is 18.0 Å². The third-order valence-electron chi connectivity index (χ3n) is 9.86. The van der Waals surface area contributed by atoms with Gasteiger partial charge in [0.05, 0.1) is 22.6 Å². The number of ether oxygens (including phenoxy) is 1. The number of nitrogens with two attached hydrogens (primary N) is 1. The Balaban J connectivity index is 1.32. The van der Waals surface area contributed by atoms with Gasteiger partial charge < -0.3 is 19.8 Å². The molecule has 2 aliphatic carbocycles. The molecule has 0 radical (unpaired) electrons. The van der Waals surface area contributed by atoms with Gasteiger partial charge in [-0.05, 0) is 110 Å². The summed E-state index contributed by atoms with van der Waals surface area (Å²) in [6.07, 6.45) is 10.1. The molecule has 43 heavy (non-hydrogen) atoms. The summed E-state index contributed by atoms with van der Waals surface area (Å²) in [5.74, 6) is -0.0808. The molecule has 0 amide bonds. The summed E-state index contributed by atoms with van der Waals surface area (Å²) in [6, 6.07) is 10.9. The van der Waals surface area contributed by atoms with E-state index in [0.29, 0.717) is 30.3 Å². The summed E-state index contributed by atoms with van der Waals surface area (Å²) >= 11 is 6.29. The third kappa shape index (κ3) is 7.56. The van der Waals surface area contributed by atoms with Crippen LogP contribution in [0, 0.1) is 23.7 Å². The minimum absolute atomic E-state index is 0.0636. The zero-order valence-corrected chi connectivity index (χ0v) is 26.3. The van der Waals surface area contributed by atoms with Crippen molar-refractivity contribution >= 4 is 33.3 Å². The lowest BCUT2D eigenvalue weighted by Crippen LogP contribution is -2.43. The lowest BCUT2D eigenvalue weighted by Gasteiger charge is -2.43. The second-order valence-corrected chi connectivity index (χ2v) is 14.8. The van der Waals surface area contributed by atoms with Gasteiger partial charge in [-0.1, -0.05) is 43.2 Å². The van der Waals surface area contributed by atoms with E-state index in [9.17, 15) is 23.4 Å². The smallest absolute Gasteiger partial charge is 0.335 e. The molecule has 2 fully saturated rings. The van der Waals surface area contributed by atoms with E-state index in [1.807, 2.05) is 37.3 Å². The van der Waals surface area contributed by atoms with Crippen molar-refractivity contribution in [3.05, 3.63) is 70.3 Å². The number of allylic oxidation sites excluding steroid dienone is 1. The fourth-order valence-corrected chi connectivity index (χ4v) is 8.61. The van der Waals surface area contributed by atoms with Crippen LogP contribution in [0.15, 0.2) is 48.6 Å². The maximum atomic E-state index is 12.1. The summed E-state index contributed by atoms with van der Waals surface area (Å²) in [5, 5.41) is 26.6. The van der Waals surface area contributed by atoms with E-state index in [1.165, 1.54) is 5.56 Å². The first-order valence-electron chi connectivity index (χ1n) is 15.4. The Morgan fingerprint density at radius 2 is 1.93 bits per heavy atom. The number of carboxylic acid groups (broad SMARTS) is 1. The molecular formula is C33H43ClN2O6S. The number of rotatable bonds is 7. The van der Waals surface area contributed by atoms with Crippen LogP contribution in [0.2, 0.25) is 5.02 Å². The molecule has 0 unspecified atom stereocenters. The number of aromatic carboxylic acids is 1. The van der Waals surface area contributed by atoms with Gasteiger partial charge >= 0.3 is 5.97 Å². The molecule has 1 aliphatic heterocycles. The van der Waals surface area contributed by atoms with Crippen LogP contribution < -0.4 is 14.8 Å². The first-order chi connectivity index (χ1) is 20.5. The molecule has 8 nitrogen and oxygen atoms in total. The molecule has 5 rings (SSSR count). The largest absolute Gasteiger partial charge is 0.487 e. The number of hydrogen-bond acceptors (Lipinski definition) is 6. The summed E-state index contributed by atoms with van der Waals surface area (Å²) in [4.78, 5) is 14.1. The van der Waals surface area contributed by atoms with Gasteiger partial charge in [-0.3, -0.25) is 0 Å². The summed E-state index contributed by atoms with van der Waals surface area (Å²) in [5.41, 5.74) is 3.21. The standard InChI is InChI=1S/C33H43ClN2O6S/c1-21-22(6-4-7-32(21)43(35,40)41)10-14-30(37)28-13-9-25(28)19-36-16-3-2-5-23-17-27(34)12-8-26(23)20-42-31-15-11-24(33(38)39)18-29(31)36/h8,10-12,14-15,17-18,21-22,25,28,30,32,37H,2-7,9,13,16,19-20H2,1H3,(H,38,39)(H2,35,40,41)/b14-10+/t21-,22-,25+,28-,30+,32+/m1/s1. The maximum absolute atomic E-state index is 12.1. The molecule has 2 aromatic rings. The van der Waals surface area contributed by atoms with Gasteiger partial charge in [0.2, 0.25) is 10.0 Å². The van der Waals surface area contributed by atoms with Crippen LogP contribution in [-0.4, -0.2) is 49.0 Å². The number of aliphatic hydroxyl groups is 1. The van der Waals surface area contributed by atoms with Crippen molar-refractivity contribution in [2.45, 2.75) is 76.3 Å². The number of sulfonamides is 1. The molecule has 0 spiro atoms. The summed E-state index contributed by atoms with van der Waals surface area (Å²) in [6.45, 7) is 3.72. The molecule has 2 aromatic carbocycles. The molecule has 2 saturated carbocycles. The zero-order chi connectivity index (χ0) is 30.7. The Morgan fingerprint density at radius 3 is 2.65 bits per heavy atom. The zero-order valence-electron chi connectivity index (χ0n) is 24.7. The van der Waals surface area contributed by atoms with Crippen molar-refractivity contribution in [1.82, 2.24) is 0 Å². The first-order valence-corrected chi connectivity index (χ1v) is 17.4. The molecule has 3 aliphatic rings. The van der Waals surface area contributed by atoms with Crippen molar-refractivity contribution in [3.8, 4) is 5.75 Å². The number of carbonyl (C=O) groups is 1. The second-order valence-electron chi connectivity index (χ2n) is 12.6.